The zero-order valence-electron chi connectivity index (χ0n) is 11.2. The van der Waals surface area contributed by atoms with Crippen LogP contribution in [0.25, 0.3) is 0 Å². The number of nitrogens with zero attached hydrogens (tertiary/aromatic N) is 2. The number of nitrogens with one attached hydrogen (secondary N) is 1. The molecule has 20 heavy (non-hydrogen) atoms. The molecule has 0 spiro atoms. The van der Waals surface area contributed by atoms with Gasteiger partial charge in [0.1, 0.15) is 0 Å². The van der Waals surface area contributed by atoms with Crippen molar-refractivity contribution in [3.05, 3.63) is 0 Å². The smallest absolute Gasteiger partial charge is 0.239 e. The maximum absolute atomic E-state index is 12.1. The summed E-state index contributed by atoms with van der Waals surface area (Å²) in [5.41, 5.74) is 0. The van der Waals surface area contributed by atoms with Crippen LogP contribution in [0.4, 0.5) is 0 Å². The Labute approximate surface area is 118 Å². The van der Waals surface area contributed by atoms with Crippen molar-refractivity contribution in [2.45, 2.75) is 6.42 Å². The summed E-state index contributed by atoms with van der Waals surface area (Å²) in [5, 5.41) is 2.62. The van der Waals surface area contributed by atoms with Gasteiger partial charge in [0.05, 0.1) is 25.5 Å². The molecule has 2 fully saturated rings. The van der Waals surface area contributed by atoms with Gasteiger partial charge in [0.2, 0.25) is 21.8 Å². The van der Waals surface area contributed by atoms with Gasteiger partial charge in [-0.15, -0.1) is 0 Å². The third-order valence-electron chi connectivity index (χ3n) is 3.33. The maximum Gasteiger partial charge on any atom is 0.239 e. The Balaban J connectivity index is 1.84. The molecule has 114 valence electrons. The number of carbonyl (C=O) groups excluding carboxylic acids is 2. The topological polar surface area (TPSA) is 96.0 Å². The molecule has 0 aromatic carbocycles. The molecular weight excluding hydrogens is 286 g/mol. The highest BCUT2D eigenvalue weighted by atomic mass is 32.2. The highest BCUT2D eigenvalue weighted by molar-refractivity contribution is 7.89. The molecule has 2 heterocycles. The van der Waals surface area contributed by atoms with E-state index in [4.69, 9.17) is 4.74 Å². The number of piperazine rings is 1. The van der Waals surface area contributed by atoms with E-state index < -0.39 is 10.0 Å². The van der Waals surface area contributed by atoms with Crippen molar-refractivity contribution in [3.8, 4) is 0 Å². The highest BCUT2D eigenvalue weighted by Crippen LogP contribution is 2.08. The summed E-state index contributed by atoms with van der Waals surface area (Å²) >= 11 is 0. The normalized spacial score (nSPS) is 21.6. The quantitative estimate of drug-likeness (QED) is 0.648. The largest absolute Gasteiger partial charge is 0.379 e. The van der Waals surface area contributed by atoms with Crippen LogP contribution in [0.2, 0.25) is 0 Å². The fourth-order valence-electron chi connectivity index (χ4n) is 2.18. The predicted molar refractivity (Wildman–Crippen MR) is 70.4 cm³/mol. The van der Waals surface area contributed by atoms with Crippen molar-refractivity contribution in [3.63, 3.8) is 0 Å². The molecule has 0 atom stereocenters. The lowest BCUT2D eigenvalue weighted by molar-refractivity contribution is -0.137. The first-order chi connectivity index (χ1) is 9.49. The Hall–Kier alpha value is -1.19. The van der Waals surface area contributed by atoms with Crippen molar-refractivity contribution in [1.29, 1.82) is 0 Å². The molecule has 8 nitrogen and oxygen atoms in total. The number of hydrogen-bond acceptors (Lipinski definition) is 5. The minimum absolute atomic E-state index is 0.0104. The van der Waals surface area contributed by atoms with Crippen LogP contribution < -0.4 is 5.32 Å². The van der Waals surface area contributed by atoms with Gasteiger partial charge in [-0.1, -0.05) is 0 Å². The average Bonchev–Trinajstić information content (AvgIpc) is 2.46. The van der Waals surface area contributed by atoms with E-state index >= 15 is 0 Å². The van der Waals surface area contributed by atoms with E-state index in [1.807, 2.05) is 0 Å². The number of amides is 2. The van der Waals surface area contributed by atoms with Crippen molar-refractivity contribution in [1.82, 2.24) is 14.5 Å². The number of carbonyl (C=O) groups is 2. The number of sulfonamides is 1. The van der Waals surface area contributed by atoms with E-state index in [9.17, 15) is 18.0 Å². The van der Waals surface area contributed by atoms with Crippen molar-refractivity contribution >= 4 is 21.8 Å². The Bertz CT molecular complexity index is 472. The lowest BCUT2D eigenvalue weighted by Crippen LogP contribution is -2.50. The van der Waals surface area contributed by atoms with Gasteiger partial charge in [0, 0.05) is 32.6 Å². The van der Waals surface area contributed by atoms with E-state index in [-0.39, 0.29) is 30.5 Å². The van der Waals surface area contributed by atoms with Gasteiger partial charge in [-0.2, -0.15) is 4.31 Å². The van der Waals surface area contributed by atoms with Crippen molar-refractivity contribution in [2.24, 2.45) is 0 Å². The fraction of sp³-hybridized carbons (Fsp3) is 0.818. The summed E-state index contributed by atoms with van der Waals surface area (Å²) in [6.07, 6.45) is -0.0903. The lowest BCUT2D eigenvalue weighted by Gasteiger charge is -2.28. The molecule has 0 aromatic heterocycles. The van der Waals surface area contributed by atoms with Crippen molar-refractivity contribution in [2.75, 3.05) is 51.7 Å². The second kappa shape index (κ2) is 6.51. The molecule has 9 heteroatoms. The highest BCUT2D eigenvalue weighted by Gasteiger charge is 2.27. The Morgan fingerprint density at radius 1 is 1.25 bits per heavy atom. The third-order valence-corrected chi connectivity index (χ3v) is 5.20. The van der Waals surface area contributed by atoms with Gasteiger partial charge in [-0.25, -0.2) is 8.42 Å². The van der Waals surface area contributed by atoms with Gasteiger partial charge in [0.25, 0.3) is 0 Å². The van der Waals surface area contributed by atoms with Crippen LogP contribution in [-0.4, -0.2) is 81.1 Å². The number of ether oxygens (including phenoxy) is 1. The zero-order chi connectivity index (χ0) is 14.6. The maximum atomic E-state index is 12.1. The molecule has 0 saturated carbocycles. The van der Waals surface area contributed by atoms with E-state index in [0.717, 1.165) is 0 Å². The molecule has 2 aliphatic rings. The predicted octanol–water partition coefficient (Wildman–Crippen LogP) is -2.00. The van der Waals surface area contributed by atoms with E-state index in [2.05, 4.69) is 5.32 Å². The van der Waals surface area contributed by atoms with Crippen LogP contribution in [0.3, 0.4) is 0 Å². The minimum atomic E-state index is -3.43. The van der Waals surface area contributed by atoms with Crippen LogP contribution in [0.15, 0.2) is 0 Å². The second-order valence-corrected chi connectivity index (χ2v) is 6.83. The summed E-state index contributed by atoms with van der Waals surface area (Å²) < 4.78 is 30.6. The van der Waals surface area contributed by atoms with Gasteiger partial charge in [0.15, 0.2) is 0 Å². The first-order valence-electron chi connectivity index (χ1n) is 6.59. The van der Waals surface area contributed by atoms with Gasteiger partial charge in [-0.3, -0.25) is 9.59 Å². The first kappa shape index (κ1) is 15.2. The zero-order valence-corrected chi connectivity index (χ0v) is 12.0. The standard InChI is InChI=1S/C11H19N3O5S/c15-10-9-13(3-2-12-10)11(16)1-8-20(17,18)14-4-6-19-7-5-14/h1-9H2,(H,12,15). The molecular formula is C11H19N3O5S. The molecule has 0 unspecified atom stereocenters. The fourth-order valence-corrected chi connectivity index (χ4v) is 3.58. The third kappa shape index (κ3) is 3.90. The van der Waals surface area contributed by atoms with Gasteiger partial charge < -0.3 is 15.0 Å². The van der Waals surface area contributed by atoms with Gasteiger partial charge >= 0.3 is 0 Å². The monoisotopic (exact) mass is 305 g/mol. The molecule has 0 aliphatic carbocycles. The van der Waals surface area contributed by atoms with Crippen LogP contribution in [-0.2, 0) is 24.3 Å². The van der Waals surface area contributed by atoms with E-state index in [1.165, 1.54) is 9.21 Å². The average molecular weight is 305 g/mol. The molecule has 2 saturated heterocycles. The first-order valence-corrected chi connectivity index (χ1v) is 8.20. The van der Waals surface area contributed by atoms with Crippen molar-refractivity contribution < 1.29 is 22.7 Å². The summed E-state index contributed by atoms with van der Waals surface area (Å²) in [5.74, 6) is -0.721. The summed E-state index contributed by atoms with van der Waals surface area (Å²) in [7, 11) is -3.43. The Morgan fingerprint density at radius 3 is 2.60 bits per heavy atom. The molecule has 2 amide bonds. The summed E-state index contributed by atoms with van der Waals surface area (Å²) in [6, 6.07) is 0. The van der Waals surface area contributed by atoms with Crippen LogP contribution in [0, 0.1) is 0 Å². The van der Waals surface area contributed by atoms with Crippen LogP contribution in [0.5, 0.6) is 0 Å². The molecule has 0 bridgehead atoms. The molecule has 0 radical (unpaired) electrons. The van der Waals surface area contributed by atoms with Crippen LogP contribution >= 0.6 is 0 Å². The number of rotatable bonds is 4. The number of hydrogen-bond donors (Lipinski definition) is 1. The molecule has 0 aromatic rings. The van der Waals surface area contributed by atoms with Gasteiger partial charge in [-0.05, 0) is 0 Å². The molecule has 2 rings (SSSR count). The Kier molecular flexibility index (Phi) is 4.95. The lowest BCUT2D eigenvalue weighted by atomic mass is 10.3. The molecule has 1 N–H and O–H groups in total. The minimum Gasteiger partial charge on any atom is -0.379 e. The summed E-state index contributed by atoms with van der Waals surface area (Å²) in [6.45, 7) is 2.31. The summed E-state index contributed by atoms with van der Waals surface area (Å²) in [4.78, 5) is 24.5. The second-order valence-electron chi connectivity index (χ2n) is 4.74. The van der Waals surface area contributed by atoms with Crippen LogP contribution in [0.1, 0.15) is 6.42 Å². The number of morpholine rings is 1. The SMILES string of the molecule is O=C1CN(C(=O)CCS(=O)(=O)N2CCOCC2)CCN1. The molecule has 2 aliphatic heterocycles. The Morgan fingerprint density at radius 2 is 1.95 bits per heavy atom. The van der Waals surface area contributed by atoms with E-state index in [1.54, 1.807) is 0 Å². The van der Waals surface area contributed by atoms with E-state index in [0.29, 0.717) is 39.4 Å².